The summed E-state index contributed by atoms with van der Waals surface area (Å²) in [6, 6.07) is 16.7. The van der Waals surface area contributed by atoms with Gasteiger partial charge in [0.05, 0.1) is 5.56 Å². The molecule has 1 fully saturated rings. The molecule has 2 atom stereocenters. The van der Waals surface area contributed by atoms with Gasteiger partial charge in [-0.2, -0.15) is 0 Å². The Morgan fingerprint density at radius 1 is 1.06 bits per heavy atom. The molecular formula is C23H19N3O5. The molecule has 1 aliphatic rings. The number of aromatic nitrogens is 1. The van der Waals surface area contributed by atoms with E-state index >= 15 is 0 Å². The SMILES string of the molecule is O=C(N[C@H]1C[C@@H](c2nc3ccccc3o2)N(C(=O)O)C1)c1ccc2ccccc2c1O. The lowest BCUT2D eigenvalue weighted by atomic mass is 10.0. The molecule has 3 aromatic carbocycles. The van der Waals surface area contributed by atoms with E-state index in [4.69, 9.17) is 4.42 Å². The number of aromatic hydroxyl groups is 1. The number of nitrogens with zero attached hydrogens (tertiary/aromatic N) is 2. The summed E-state index contributed by atoms with van der Waals surface area (Å²) in [6.07, 6.45) is -0.795. The van der Waals surface area contributed by atoms with Crippen LogP contribution in [0.3, 0.4) is 0 Å². The van der Waals surface area contributed by atoms with E-state index in [1.54, 1.807) is 36.4 Å². The third kappa shape index (κ3) is 3.31. The number of carboxylic acid groups (broad SMARTS) is 1. The summed E-state index contributed by atoms with van der Waals surface area (Å²) >= 11 is 0. The molecule has 0 spiro atoms. The van der Waals surface area contributed by atoms with Crippen LogP contribution in [0, 0.1) is 0 Å². The summed E-state index contributed by atoms with van der Waals surface area (Å²) in [6.45, 7) is 0.0960. The minimum Gasteiger partial charge on any atom is -0.506 e. The highest BCUT2D eigenvalue weighted by Gasteiger charge is 2.40. The van der Waals surface area contributed by atoms with Crippen molar-refractivity contribution >= 4 is 33.9 Å². The number of hydrogen-bond acceptors (Lipinski definition) is 5. The fourth-order valence-electron chi connectivity index (χ4n) is 4.12. The highest BCUT2D eigenvalue weighted by atomic mass is 16.4. The van der Waals surface area contributed by atoms with E-state index in [1.165, 1.54) is 4.90 Å². The molecule has 0 unspecified atom stereocenters. The second-order valence-corrected chi connectivity index (χ2v) is 7.56. The molecule has 0 saturated carbocycles. The van der Waals surface area contributed by atoms with Gasteiger partial charge in [-0.3, -0.25) is 9.69 Å². The lowest BCUT2D eigenvalue weighted by Crippen LogP contribution is -2.38. The van der Waals surface area contributed by atoms with Crippen LogP contribution in [0.25, 0.3) is 21.9 Å². The number of hydrogen-bond donors (Lipinski definition) is 3. The molecule has 4 aromatic rings. The molecule has 31 heavy (non-hydrogen) atoms. The minimum atomic E-state index is -1.11. The normalized spacial score (nSPS) is 18.5. The van der Waals surface area contributed by atoms with E-state index in [1.807, 2.05) is 24.3 Å². The lowest BCUT2D eigenvalue weighted by molar-refractivity contribution is 0.0933. The molecule has 8 nitrogen and oxygen atoms in total. The number of para-hydroxylation sites is 2. The van der Waals surface area contributed by atoms with Crippen molar-refractivity contribution in [3.63, 3.8) is 0 Å². The molecule has 5 rings (SSSR count). The summed E-state index contributed by atoms with van der Waals surface area (Å²) < 4.78 is 5.77. The van der Waals surface area contributed by atoms with Crippen molar-refractivity contribution in [2.45, 2.75) is 18.5 Å². The number of nitrogens with one attached hydrogen (secondary N) is 1. The van der Waals surface area contributed by atoms with Crippen LogP contribution in [0.4, 0.5) is 4.79 Å². The topological polar surface area (TPSA) is 116 Å². The molecule has 3 N–H and O–H groups in total. The van der Waals surface area contributed by atoms with E-state index < -0.39 is 24.1 Å². The van der Waals surface area contributed by atoms with Gasteiger partial charge >= 0.3 is 6.09 Å². The number of rotatable bonds is 3. The van der Waals surface area contributed by atoms with Crippen LogP contribution in [0.15, 0.2) is 65.1 Å². The Labute approximate surface area is 176 Å². The molecule has 0 bridgehead atoms. The Balaban J connectivity index is 1.39. The van der Waals surface area contributed by atoms with Crippen LogP contribution >= 0.6 is 0 Å². The number of carbonyl (C=O) groups is 2. The molecule has 1 saturated heterocycles. The summed E-state index contributed by atoms with van der Waals surface area (Å²) in [5.41, 5.74) is 1.37. The van der Waals surface area contributed by atoms with E-state index in [-0.39, 0.29) is 17.9 Å². The maximum absolute atomic E-state index is 12.8. The van der Waals surface area contributed by atoms with Gasteiger partial charge in [-0.15, -0.1) is 0 Å². The van der Waals surface area contributed by atoms with Crippen molar-refractivity contribution in [1.82, 2.24) is 15.2 Å². The maximum atomic E-state index is 12.8. The van der Waals surface area contributed by atoms with Crippen molar-refractivity contribution < 1.29 is 24.2 Å². The fourth-order valence-corrected chi connectivity index (χ4v) is 4.12. The second-order valence-electron chi connectivity index (χ2n) is 7.56. The van der Waals surface area contributed by atoms with Gasteiger partial charge in [-0.25, -0.2) is 9.78 Å². The van der Waals surface area contributed by atoms with Crippen molar-refractivity contribution in [3.8, 4) is 5.75 Å². The molecule has 2 heterocycles. The number of fused-ring (bicyclic) bond motifs is 2. The van der Waals surface area contributed by atoms with E-state index in [0.717, 1.165) is 5.39 Å². The number of benzene rings is 3. The molecule has 0 radical (unpaired) electrons. The number of likely N-dealkylation sites (tertiary alicyclic amines) is 1. The van der Waals surface area contributed by atoms with Crippen molar-refractivity contribution in [1.29, 1.82) is 0 Å². The Morgan fingerprint density at radius 3 is 2.65 bits per heavy atom. The van der Waals surface area contributed by atoms with Crippen LogP contribution in [0.1, 0.15) is 28.7 Å². The Morgan fingerprint density at radius 2 is 1.84 bits per heavy atom. The summed E-state index contributed by atoms with van der Waals surface area (Å²) in [7, 11) is 0. The third-order valence-electron chi connectivity index (χ3n) is 5.62. The molecule has 156 valence electrons. The Hall–Kier alpha value is -4.07. The van der Waals surface area contributed by atoms with Gasteiger partial charge in [-0.05, 0) is 30.0 Å². The standard InChI is InChI=1S/C23H19N3O5/c27-20-15-6-2-1-5-13(15)9-10-16(20)21(28)24-14-11-18(26(12-14)23(29)30)22-25-17-7-3-4-8-19(17)31-22/h1-10,14,18,27H,11-12H2,(H,24,28)(H,29,30)/t14-,18-/m0/s1. The van der Waals surface area contributed by atoms with Crippen LogP contribution in [0.2, 0.25) is 0 Å². The van der Waals surface area contributed by atoms with Crippen LogP contribution in [-0.2, 0) is 0 Å². The first-order chi connectivity index (χ1) is 15.0. The van der Waals surface area contributed by atoms with Gasteiger partial charge in [0.25, 0.3) is 5.91 Å². The number of amides is 2. The van der Waals surface area contributed by atoms with Gasteiger partial charge in [-0.1, -0.05) is 42.5 Å². The Bertz CT molecular complexity index is 1280. The zero-order valence-electron chi connectivity index (χ0n) is 16.4. The van der Waals surface area contributed by atoms with E-state index in [9.17, 15) is 19.8 Å². The highest BCUT2D eigenvalue weighted by molar-refractivity contribution is 6.03. The predicted octanol–water partition coefficient (Wildman–Crippen LogP) is 3.91. The third-order valence-corrected chi connectivity index (χ3v) is 5.62. The van der Waals surface area contributed by atoms with Crippen molar-refractivity contribution in [2.75, 3.05) is 6.54 Å². The minimum absolute atomic E-state index is 0.0960. The smallest absolute Gasteiger partial charge is 0.408 e. The average Bonchev–Trinajstić information content (AvgIpc) is 3.38. The first-order valence-electron chi connectivity index (χ1n) is 9.88. The zero-order chi connectivity index (χ0) is 21.5. The monoisotopic (exact) mass is 417 g/mol. The van der Waals surface area contributed by atoms with Crippen LogP contribution in [-0.4, -0.2) is 44.7 Å². The van der Waals surface area contributed by atoms with Gasteiger partial charge < -0.3 is 19.9 Å². The zero-order valence-corrected chi connectivity index (χ0v) is 16.4. The number of phenolic OH excluding ortho intramolecular Hbond substituents is 1. The summed E-state index contributed by atoms with van der Waals surface area (Å²) in [4.78, 5) is 30.3. The largest absolute Gasteiger partial charge is 0.506 e. The molecule has 8 heteroatoms. The first-order valence-corrected chi connectivity index (χ1v) is 9.88. The van der Waals surface area contributed by atoms with Crippen molar-refractivity contribution in [2.24, 2.45) is 0 Å². The number of carbonyl (C=O) groups excluding carboxylic acids is 1. The second kappa shape index (κ2) is 7.32. The molecule has 0 aliphatic carbocycles. The number of oxazole rings is 1. The lowest BCUT2D eigenvalue weighted by Gasteiger charge is -2.18. The molecule has 1 aromatic heterocycles. The number of phenols is 1. The summed E-state index contributed by atoms with van der Waals surface area (Å²) in [5.74, 6) is -0.259. The maximum Gasteiger partial charge on any atom is 0.408 e. The van der Waals surface area contributed by atoms with Crippen LogP contribution < -0.4 is 5.32 Å². The van der Waals surface area contributed by atoms with Gasteiger partial charge in [0.1, 0.15) is 17.3 Å². The first kappa shape index (κ1) is 18.9. The van der Waals surface area contributed by atoms with E-state index in [2.05, 4.69) is 10.3 Å². The summed E-state index contributed by atoms with van der Waals surface area (Å²) in [5, 5.41) is 24.5. The predicted molar refractivity (Wildman–Crippen MR) is 113 cm³/mol. The molecule has 1 aliphatic heterocycles. The van der Waals surface area contributed by atoms with Gasteiger partial charge in [0, 0.05) is 18.0 Å². The fraction of sp³-hybridized carbons (Fsp3) is 0.174. The van der Waals surface area contributed by atoms with Gasteiger partial charge in [0.15, 0.2) is 5.58 Å². The average molecular weight is 417 g/mol. The molecule has 2 amide bonds. The quantitative estimate of drug-likeness (QED) is 0.465. The highest BCUT2D eigenvalue weighted by Crippen LogP contribution is 2.34. The van der Waals surface area contributed by atoms with Crippen LogP contribution in [0.5, 0.6) is 5.75 Å². The molecular weight excluding hydrogens is 398 g/mol. The van der Waals surface area contributed by atoms with E-state index in [0.29, 0.717) is 28.8 Å². The van der Waals surface area contributed by atoms with Gasteiger partial charge in [0.2, 0.25) is 5.89 Å². The van der Waals surface area contributed by atoms with Crippen molar-refractivity contribution in [3.05, 3.63) is 72.1 Å². The Kier molecular flexibility index (Phi) is 4.47.